The highest BCUT2D eigenvalue weighted by Crippen LogP contribution is 2.25. The van der Waals surface area contributed by atoms with Crippen LogP contribution in [0.5, 0.6) is 5.75 Å². The molecule has 23 heavy (non-hydrogen) atoms. The van der Waals surface area contributed by atoms with Crippen molar-refractivity contribution in [3.63, 3.8) is 0 Å². The van der Waals surface area contributed by atoms with Gasteiger partial charge in [-0.3, -0.25) is 9.69 Å². The zero-order valence-electron chi connectivity index (χ0n) is 12.5. The molecule has 2 aromatic rings. The summed E-state index contributed by atoms with van der Waals surface area (Å²) in [5.41, 5.74) is 0.689. The number of ether oxygens (including phenoxy) is 2. The van der Waals surface area contributed by atoms with Crippen molar-refractivity contribution in [1.29, 1.82) is 0 Å². The number of anilines is 1. The highest BCUT2D eigenvalue weighted by Gasteiger charge is 2.32. The summed E-state index contributed by atoms with van der Waals surface area (Å²) in [6.07, 6.45) is 0.554. The molecule has 0 spiro atoms. The van der Waals surface area contributed by atoms with Crippen molar-refractivity contribution in [2.24, 2.45) is 0 Å². The van der Waals surface area contributed by atoms with Crippen LogP contribution in [0.1, 0.15) is 10.6 Å². The van der Waals surface area contributed by atoms with E-state index in [1.54, 1.807) is 43.5 Å². The minimum Gasteiger partial charge on any atom is -0.497 e. The van der Waals surface area contributed by atoms with E-state index < -0.39 is 12.2 Å². The summed E-state index contributed by atoms with van der Waals surface area (Å²) in [5, 5.41) is 2.68. The van der Waals surface area contributed by atoms with Gasteiger partial charge in [0, 0.05) is 6.07 Å². The molecule has 1 aliphatic heterocycles. The monoisotopic (exact) mass is 316 g/mol. The molecule has 120 valence electrons. The number of hydrogen-bond acceptors (Lipinski definition) is 5. The van der Waals surface area contributed by atoms with Gasteiger partial charge < -0.3 is 19.2 Å². The van der Waals surface area contributed by atoms with Gasteiger partial charge in [-0.25, -0.2) is 4.79 Å². The lowest BCUT2D eigenvalue weighted by Crippen LogP contribution is -2.34. The summed E-state index contributed by atoms with van der Waals surface area (Å²) >= 11 is 0. The van der Waals surface area contributed by atoms with Crippen LogP contribution in [-0.4, -0.2) is 38.3 Å². The molecular weight excluding hydrogens is 300 g/mol. The first-order valence-corrected chi connectivity index (χ1v) is 7.11. The molecule has 0 saturated carbocycles. The summed E-state index contributed by atoms with van der Waals surface area (Å²) in [7, 11) is 1.56. The molecular formula is C16H16N2O5. The topological polar surface area (TPSA) is 81.0 Å². The van der Waals surface area contributed by atoms with E-state index >= 15 is 0 Å². The fourth-order valence-electron chi connectivity index (χ4n) is 2.32. The number of cyclic esters (lactones) is 1. The summed E-state index contributed by atoms with van der Waals surface area (Å²) < 4.78 is 15.4. The van der Waals surface area contributed by atoms with Crippen molar-refractivity contribution in [3.05, 3.63) is 48.4 Å². The third kappa shape index (κ3) is 3.28. The fraction of sp³-hybridized carbons (Fsp3) is 0.250. The van der Waals surface area contributed by atoms with Crippen LogP contribution in [0.3, 0.4) is 0 Å². The molecule has 0 aliphatic carbocycles. The Morgan fingerprint density at radius 3 is 3.00 bits per heavy atom. The van der Waals surface area contributed by atoms with E-state index in [4.69, 9.17) is 13.9 Å². The largest absolute Gasteiger partial charge is 0.497 e. The van der Waals surface area contributed by atoms with Crippen molar-refractivity contribution in [1.82, 2.24) is 5.32 Å². The summed E-state index contributed by atoms with van der Waals surface area (Å²) in [6.45, 7) is 0.566. The van der Waals surface area contributed by atoms with E-state index in [1.807, 2.05) is 0 Å². The number of furan rings is 1. The molecule has 7 heteroatoms. The number of carbonyl (C=O) groups excluding carboxylic acids is 2. The smallest absolute Gasteiger partial charge is 0.414 e. The van der Waals surface area contributed by atoms with E-state index in [-0.39, 0.29) is 18.2 Å². The Hall–Kier alpha value is -2.96. The summed E-state index contributed by atoms with van der Waals surface area (Å²) in [6, 6.07) is 10.4. The molecule has 1 saturated heterocycles. The molecule has 1 N–H and O–H groups in total. The van der Waals surface area contributed by atoms with E-state index in [0.717, 1.165) is 0 Å². The van der Waals surface area contributed by atoms with Gasteiger partial charge in [0.15, 0.2) is 5.76 Å². The molecule has 2 heterocycles. The predicted molar refractivity (Wildman–Crippen MR) is 81.7 cm³/mol. The number of rotatable bonds is 5. The third-order valence-corrected chi connectivity index (χ3v) is 3.47. The van der Waals surface area contributed by atoms with Gasteiger partial charge in [-0.15, -0.1) is 0 Å². The lowest BCUT2D eigenvalue weighted by molar-refractivity contribution is 0.0889. The fourth-order valence-corrected chi connectivity index (χ4v) is 2.32. The second kappa shape index (κ2) is 6.43. The van der Waals surface area contributed by atoms with Crippen molar-refractivity contribution in [3.8, 4) is 5.75 Å². The summed E-state index contributed by atoms with van der Waals surface area (Å²) in [4.78, 5) is 25.3. The zero-order chi connectivity index (χ0) is 16.2. The Balaban J connectivity index is 1.60. The second-order valence-corrected chi connectivity index (χ2v) is 5.01. The molecule has 1 fully saturated rings. The standard InChI is InChI=1S/C16H16N2O5/c1-21-12-5-2-4-11(8-12)18-10-13(23-16(18)20)9-17-15(19)14-6-3-7-22-14/h2-8,13H,9-10H2,1H3,(H,17,19). The zero-order valence-corrected chi connectivity index (χ0v) is 12.5. The number of amides is 2. The molecule has 7 nitrogen and oxygen atoms in total. The Morgan fingerprint density at radius 2 is 2.26 bits per heavy atom. The van der Waals surface area contributed by atoms with Crippen molar-refractivity contribution in [2.75, 3.05) is 25.1 Å². The summed E-state index contributed by atoms with van der Waals surface area (Å²) in [5.74, 6) is 0.537. The van der Waals surface area contributed by atoms with Gasteiger partial charge in [-0.05, 0) is 24.3 Å². The highest BCUT2D eigenvalue weighted by molar-refractivity contribution is 5.92. The molecule has 1 aromatic heterocycles. The van der Waals surface area contributed by atoms with E-state index in [1.165, 1.54) is 11.2 Å². The molecule has 1 atom stereocenters. The molecule has 3 rings (SSSR count). The van der Waals surface area contributed by atoms with Crippen molar-refractivity contribution < 1.29 is 23.5 Å². The molecule has 1 unspecified atom stereocenters. The number of methoxy groups -OCH3 is 1. The van der Waals surface area contributed by atoms with E-state index in [9.17, 15) is 9.59 Å². The van der Waals surface area contributed by atoms with Gasteiger partial charge in [0.1, 0.15) is 11.9 Å². The first-order chi connectivity index (χ1) is 11.2. The maximum atomic E-state index is 12.0. The van der Waals surface area contributed by atoms with Crippen LogP contribution in [-0.2, 0) is 4.74 Å². The molecule has 0 bridgehead atoms. The van der Waals surface area contributed by atoms with Gasteiger partial charge in [0.2, 0.25) is 0 Å². The SMILES string of the molecule is COc1cccc(N2CC(CNC(=O)c3ccco3)OC2=O)c1. The number of hydrogen-bond donors (Lipinski definition) is 1. The van der Waals surface area contributed by atoms with Crippen LogP contribution >= 0.6 is 0 Å². The third-order valence-electron chi connectivity index (χ3n) is 3.47. The van der Waals surface area contributed by atoms with Crippen LogP contribution in [0, 0.1) is 0 Å². The average Bonchev–Trinajstić information content (AvgIpc) is 3.22. The van der Waals surface area contributed by atoms with Gasteiger partial charge >= 0.3 is 6.09 Å². The Morgan fingerprint density at radius 1 is 1.39 bits per heavy atom. The Kier molecular flexibility index (Phi) is 4.18. The van der Waals surface area contributed by atoms with Gasteiger partial charge in [0.05, 0.1) is 32.1 Å². The van der Waals surface area contributed by atoms with Crippen LogP contribution in [0.25, 0.3) is 0 Å². The first kappa shape index (κ1) is 15.0. The van der Waals surface area contributed by atoms with Gasteiger partial charge in [-0.1, -0.05) is 6.07 Å². The van der Waals surface area contributed by atoms with Crippen LogP contribution in [0.15, 0.2) is 47.1 Å². The van der Waals surface area contributed by atoms with Crippen molar-refractivity contribution in [2.45, 2.75) is 6.10 Å². The molecule has 0 radical (unpaired) electrons. The minimum atomic E-state index is -0.449. The average molecular weight is 316 g/mol. The Labute approximate surface area is 132 Å². The van der Waals surface area contributed by atoms with Crippen LogP contribution in [0.4, 0.5) is 10.5 Å². The van der Waals surface area contributed by atoms with Crippen molar-refractivity contribution >= 4 is 17.7 Å². The number of nitrogens with one attached hydrogen (secondary N) is 1. The van der Waals surface area contributed by atoms with E-state index in [0.29, 0.717) is 18.0 Å². The quantitative estimate of drug-likeness (QED) is 0.913. The predicted octanol–water partition coefficient (Wildman–Crippen LogP) is 2.04. The minimum absolute atomic E-state index is 0.214. The van der Waals surface area contributed by atoms with Crippen LogP contribution in [0.2, 0.25) is 0 Å². The maximum Gasteiger partial charge on any atom is 0.414 e. The highest BCUT2D eigenvalue weighted by atomic mass is 16.6. The Bertz CT molecular complexity index is 698. The normalized spacial score (nSPS) is 17.0. The van der Waals surface area contributed by atoms with Gasteiger partial charge in [0.25, 0.3) is 5.91 Å². The first-order valence-electron chi connectivity index (χ1n) is 7.11. The number of carbonyl (C=O) groups is 2. The molecule has 1 aliphatic rings. The molecule has 1 aromatic carbocycles. The number of nitrogens with zero attached hydrogens (tertiary/aromatic N) is 1. The molecule has 2 amide bonds. The lowest BCUT2D eigenvalue weighted by Gasteiger charge is -2.14. The number of benzene rings is 1. The second-order valence-electron chi connectivity index (χ2n) is 5.01. The van der Waals surface area contributed by atoms with Crippen LogP contribution < -0.4 is 15.0 Å². The van der Waals surface area contributed by atoms with Gasteiger partial charge in [-0.2, -0.15) is 0 Å². The maximum absolute atomic E-state index is 12.0. The lowest BCUT2D eigenvalue weighted by atomic mass is 10.2. The van der Waals surface area contributed by atoms with E-state index in [2.05, 4.69) is 5.32 Å².